The Morgan fingerprint density at radius 2 is 2.25 bits per heavy atom. The van der Waals surface area contributed by atoms with Gasteiger partial charge >= 0.3 is 0 Å². The van der Waals surface area contributed by atoms with Crippen LogP contribution in [0.5, 0.6) is 0 Å². The zero-order chi connectivity index (χ0) is 11.0. The topological polar surface area (TPSA) is 54.5 Å². The lowest BCUT2D eigenvalue weighted by Crippen LogP contribution is -1.99. The van der Waals surface area contributed by atoms with Crippen molar-refractivity contribution in [2.45, 2.75) is 19.3 Å². The molecule has 4 nitrogen and oxygen atoms in total. The molecule has 4 heteroatoms. The summed E-state index contributed by atoms with van der Waals surface area (Å²) >= 11 is 0. The molecule has 0 spiro atoms. The van der Waals surface area contributed by atoms with Crippen molar-refractivity contribution in [1.29, 1.82) is 5.26 Å². The zero-order valence-corrected chi connectivity index (χ0v) is 8.72. The quantitative estimate of drug-likeness (QED) is 0.664. The molecular formula is C12H10N4. The molecule has 2 aromatic rings. The molecule has 0 bridgehead atoms. The molecule has 1 aromatic carbocycles. The number of benzene rings is 1. The fourth-order valence-corrected chi connectivity index (χ4v) is 2.16. The predicted octanol–water partition coefficient (Wildman–Crippen LogP) is 1.63. The molecule has 0 saturated carbocycles. The first-order chi connectivity index (χ1) is 7.88. The highest BCUT2D eigenvalue weighted by molar-refractivity contribution is 5.48. The van der Waals surface area contributed by atoms with Gasteiger partial charge in [-0.05, 0) is 36.6 Å². The van der Waals surface area contributed by atoms with Crippen LogP contribution in [0.2, 0.25) is 0 Å². The van der Waals surface area contributed by atoms with Crippen molar-refractivity contribution in [2.75, 3.05) is 0 Å². The van der Waals surface area contributed by atoms with Crippen LogP contribution in [0.15, 0.2) is 24.5 Å². The van der Waals surface area contributed by atoms with Gasteiger partial charge in [0.15, 0.2) is 0 Å². The van der Waals surface area contributed by atoms with E-state index in [1.54, 1.807) is 6.33 Å². The van der Waals surface area contributed by atoms with Crippen molar-refractivity contribution in [3.63, 3.8) is 0 Å². The van der Waals surface area contributed by atoms with Crippen LogP contribution in [0.4, 0.5) is 0 Å². The van der Waals surface area contributed by atoms with Crippen LogP contribution in [0.25, 0.3) is 5.69 Å². The second kappa shape index (κ2) is 3.46. The molecule has 0 amide bonds. The zero-order valence-electron chi connectivity index (χ0n) is 8.72. The van der Waals surface area contributed by atoms with Crippen LogP contribution < -0.4 is 0 Å². The summed E-state index contributed by atoms with van der Waals surface area (Å²) in [5, 5.41) is 16.9. The highest BCUT2D eigenvalue weighted by Gasteiger charge is 2.15. The minimum absolute atomic E-state index is 0.718. The first-order valence-corrected chi connectivity index (χ1v) is 5.31. The first kappa shape index (κ1) is 9.10. The molecule has 1 aliphatic rings. The fraction of sp³-hybridized carbons (Fsp3) is 0.250. The summed E-state index contributed by atoms with van der Waals surface area (Å²) in [6.07, 6.45) is 4.73. The Bertz CT molecular complexity index is 577. The normalized spacial score (nSPS) is 13.4. The molecule has 0 fully saturated rings. The molecule has 2 heterocycles. The maximum absolute atomic E-state index is 8.88. The third kappa shape index (κ3) is 1.29. The first-order valence-electron chi connectivity index (χ1n) is 5.31. The Labute approximate surface area is 93.2 Å². The van der Waals surface area contributed by atoms with Gasteiger partial charge in [0.1, 0.15) is 12.2 Å². The van der Waals surface area contributed by atoms with Crippen molar-refractivity contribution in [3.8, 4) is 11.8 Å². The van der Waals surface area contributed by atoms with Crippen LogP contribution >= 0.6 is 0 Å². The van der Waals surface area contributed by atoms with Crippen molar-refractivity contribution < 1.29 is 0 Å². The Balaban J connectivity index is 2.22. The Morgan fingerprint density at radius 3 is 3.12 bits per heavy atom. The number of nitrogens with zero attached hydrogens (tertiary/aromatic N) is 4. The molecule has 16 heavy (non-hydrogen) atoms. The van der Waals surface area contributed by atoms with Crippen molar-refractivity contribution in [2.24, 2.45) is 0 Å². The molecule has 0 radical (unpaired) electrons. The molecule has 3 rings (SSSR count). The van der Waals surface area contributed by atoms with E-state index < -0.39 is 0 Å². The van der Waals surface area contributed by atoms with E-state index in [1.165, 1.54) is 5.56 Å². The Hall–Kier alpha value is -2.15. The number of rotatable bonds is 0. The average Bonchev–Trinajstić information content (AvgIpc) is 2.71. The smallest absolute Gasteiger partial charge is 0.137 e. The number of aromatic nitrogens is 3. The van der Waals surface area contributed by atoms with Crippen LogP contribution in [-0.4, -0.2) is 14.8 Å². The van der Waals surface area contributed by atoms with Crippen LogP contribution in [0.1, 0.15) is 23.4 Å². The standard InChI is InChI=1S/C12H10N4/c13-7-9-4-5-11-10(6-9)2-1-3-12-15-14-8-16(11)12/h4-6,8H,1-3H2. The molecule has 0 unspecified atom stereocenters. The summed E-state index contributed by atoms with van der Waals surface area (Å²) in [7, 11) is 0. The number of hydrogen-bond donors (Lipinski definition) is 0. The highest BCUT2D eigenvalue weighted by Crippen LogP contribution is 2.23. The van der Waals surface area contributed by atoms with Gasteiger partial charge in [0, 0.05) is 6.42 Å². The largest absolute Gasteiger partial charge is 0.285 e. The van der Waals surface area contributed by atoms with E-state index in [4.69, 9.17) is 5.26 Å². The average molecular weight is 210 g/mol. The van der Waals surface area contributed by atoms with Gasteiger partial charge in [-0.2, -0.15) is 5.26 Å². The lowest BCUT2D eigenvalue weighted by Gasteiger charge is -2.07. The summed E-state index contributed by atoms with van der Waals surface area (Å²) in [6, 6.07) is 7.96. The van der Waals surface area contributed by atoms with Gasteiger partial charge in [0.2, 0.25) is 0 Å². The van der Waals surface area contributed by atoms with Crippen LogP contribution in [0, 0.1) is 11.3 Å². The van der Waals surface area contributed by atoms with Gasteiger partial charge in [0.25, 0.3) is 0 Å². The second-order valence-electron chi connectivity index (χ2n) is 3.93. The van der Waals surface area contributed by atoms with Gasteiger partial charge in [-0.3, -0.25) is 4.57 Å². The number of hydrogen-bond acceptors (Lipinski definition) is 3. The summed E-state index contributed by atoms with van der Waals surface area (Å²) in [5.41, 5.74) is 3.03. The number of nitriles is 1. The predicted molar refractivity (Wildman–Crippen MR) is 58.1 cm³/mol. The molecule has 1 aliphatic heterocycles. The van der Waals surface area contributed by atoms with E-state index in [1.807, 2.05) is 22.8 Å². The molecule has 0 aliphatic carbocycles. The van der Waals surface area contributed by atoms with E-state index in [0.717, 1.165) is 36.3 Å². The van der Waals surface area contributed by atoms with Gasteiger partial charge in [-0.15, -0.1) is 10.2 Å². The van der Waals surface area contributed by atoms with E-state index in [0.29, 0.717) is 0 Å². The molecule has 0 saturated heterocycles. The minimum Gasteiger partial charge on any atom is -0.285 e. The lowest BCUT2D eigenvalue weighted by atomic mass is 10.0. The second-order valence-corrected chi connectivity index (χ2v) is 3.93. The van der Waals surface area contributed by atoms with E-state index in [-0.39, 0.29) is 0 Å². The minimum atomic E-state index is 0.718. The van der Waals surface area contributed by atoms with E-state index in [9.17, 15) is 0 Å². The summed E-state index contributed by atoms with van der Waals surface area (Å²) in [5.74, 6) is 1.00. The van der Waals surface area contributed by atoms with Gasteiger partial charge in [-0.25, -0.2) is 0 Å². The number of fused-ring (bicyclic) bond motifs is 3. The maximum atomic E-state index is 8.88. The van der Waals surface area contributed by atoms with Gasteiger partial charge < -0.3 is 0 Å². The third-order valence-electron chi connectivity index (χ3n) is 2.93. The van der Waals surface area contributed by atoms with Crippen molar-refractivity contribution in [3.05, 3.63) is 41.5 Å². The molecule has 0 N–H and O–H groups in total. The lowest BCUT2D eigenvalue weighted by molar-refractivity contribution is 0.782. The SMILES string of the molecule is N#Cc1ccc2c(c1)CCCc1nncn1-2. The Morgan fingerprint density at radius 1 is 1.31 bits per heavy atom. The van der Waals surface area contributed by atoms with Gasteiger partial charge in [0.05, 0.1) is 17.3 Å². The van der Waals surface area contributed by atoms with Gasteiger partial charge in [-0.1, -0.05) is 0 Å². The summed E-state index contributed by atoms with van der Waals surface area (Å²) in [6.45, 7) is 0. The molecule has 78 valence electrons. The monoisotopic (exact) mass is 210 g/mol. The fourth-order valence-electron chi connectivity index (χ4n) is 2.16. The van der Waals surface area contributed by atoms with Crippen molar-refractivity contribution >= 4 is 0 Å². The van der Waals surface area contributed by atoms with Crippen LogP contribution in [0.3, 0.4) is 0 Å². The number of aryl methyl sites for hydroxylation is 2. The van der Waals surface area contributed by atoms with Crippen LogP contribution in [-0.2, 0) is 12.8 Å². The third-order valence-corrected chi connectivity index (χ3v) is 2.93. The highest BCUT2D eigenvalue weighted by atomic mass is 15.3. The van der Waals surface area contributed by atoms with E-state index in [2.05, 4.69) is 16.3 Å². The Kier molecular flexibility index (Phi) is 1.97. The molecular weight excluding hydrogens is 200 g/mol. The maximum Gasteiger partial charge on any atom is 0.137 e. The summed E-state index contributed by atoms with van der Waals surface area (Å²) in [4.78, 5) is 0. The molecule has 0 atom stereocenters. The van der Waals surface area contributed by atoms with E-state index >= 15 is 0 Å². The van der Waals surface area contributed by atoms with Crippen molar-refractivity contribution in [1.82, 2.24) is 14.8 Å². The molecule has 1 aromatic heterocycles. The summed E-state index contributed by atoms with van der Waals surface area (Å²) < 4.78 is 2.02.